The average molecular weight is 439 g/mol. The van der Waals surface area contributed by atoms with Gasteiger partial charge in [-0.25, -0.2) is 0 Å². The van der Waals surface area contributed by atoms with Crippen LogP contribution in [0.1, 0.15) is 32.1 Å². The number of esters is 1. The lowest BCUT2D eigenvalue weighted by atomic mass is 10.1. The second kappa shape index (κ2) is 11.7. The molecule has 0 radical (unpaired) electrons. The van der Waals surface area contributed by atoms with Crippen LogP contribution >= 0.6 is 0 Å². The van der Waals surface area contributed by atoms with E-state index in [1.165, 1.54) is 7.11 Å². The van der Waals surface area contributed by atoms with E-state index in [1.54, 1.807) is 0 Å². The maximum atomic E-state index is 13.3. The number of likely N-dealkylation sites (tertiary alicyclic amines) is 1. The molecule has 1 amide bonds. The summed E-state index contributed by atoms with van der Waals surface area (Å²) >= 11 is 0. The summed E-state index contributed by atoms with van der Waals surface area (Å²) in [4.78, 5) is 28.8. The van der Waals surface area contributed by atoms with E-state index in [4.69, 9.17) is 9.47 Å². The van der Waals surface area contributed by atoms with Crippen molar-refractivity contribution in [1.29, 1.82) is 0 Å². The van der Waals surface area contributed by atoms with Crippen molar-refractivity contribution in [2.24, 2.45) is 0 Å². The van der Waals surface area contributed by atoms with E-state index in [0.717, 1.165) is 55.3 Å². The maximum absolute atomic E-state index is 13.3. The number of nitrogens with zero attached hydrogens (tertiary/aromatic N) is 2. The molecule has 3 rings (SSSR count). The molecular weight excluding hydrogens is 404 g/mol. The predicted octanol–water partition coefficient (Wildman–Crippen LogP) is 4.04. The fraction of sp³-hybridized carbons (Fsp3) is 0.462. The summed E-state index contributed by atoms with van der Waals surface area (Å²) in [6, 6.07) is 14.3. The number of amides is 1. The minimum absolute atomic E-state index is 0.0125. The molecule has 1 saturated heterocycles. The van der Waals surface area contributed by atoms with Crippen LogP contribution in [-0.4, -0.2) is 68.6 Å². The molecule has 0 saturated carbocycles. The van der Waals surface area contributed by atoms with E-state index in [9.17, 15) is 9.59 Å². The smallest absolute Gasteiger partial charge is 0.305 e. The number of unbranched alkanes of at least 4 members (excludes halogenated alkanes) is 2. The third-order valence-electron chi connectivity index (χ3n) is 6.10. The largest absolute Gasteiger partial charge is 0.488 e. The molecule has 0 N–H and O–H groups in total. The zero-order chi connectivity index (χ0) is 22.9. The molecule has 6 nitrogen and oxygen atoms in total. The van der Waals surface area contributed by atoms with Gasteiger partial charge in [-0.15, -0.1) is 0 Å². The van der Waals surface area contributed by atoms with Crippen LogP contribution in [0.2, 0.25) is 0 Å². The highest BCUT2D eigenvalue weighted by Crippen LogP contribution is 2.26. The van der Waals surface area contributed by atoms with Crippen LogP contribution in [0.25, 0.3) is 10.8 Å². The summed E-state index contributed by atoms with van der Waals surface area (Å²) in [5.41, 5.74) is 0.660. The molecule has 1 atom stereocenters. The number of methoxy groups -OCH3 is 1. The predicted molar refractivity (Wildman–Crippen MR) is 127 cm³/mol. The van der Waals surface area contributed by atoms with Crippen LogP contribution in [0.4, 0.5) is 0 Å². The Morgan fingerprint density at radius 1 is 1.16 bits per heavy atom. The zero-order valence-electron chi connectivity index (χ0n) is 19.4. The molecular formula is C26H34N2O4. The van der Waals surface area contributed by atoms with Crippen molar-refractivity contribution in [3.63, 3.8) is 0 Å². The molecule has 32 heavy (non-hydrogen) atoms. The Hall–Kier alpha value is -2.86. The molecule has 0 bridgehead atoms. The van der Waals surface area contributed by atoms with Gasteiger partial charge >= 0.3 is 5.97 Å². The van der Waals surface area contributed by atoms with Gasteiger partial charge in [0, 0.05) is 31.4 Å². The third kappa shape index (κ3) is 6.33. The van der Waals surface area contributed by atoms with Crippen molar-refractivity contribution in [1.82, 2.24) is 9.80 Å². The van der Waals surface area contributed by atoms with Crippen molar-refractivity contribution in [3.8, 4) is 5.75 Å². The Bertz CT molecular complexity index is 950. The first-order chi connectivity index (χ1) is 15.5. The standard InChI is InChI=1S/C26H34N2O4/c1-27-17-16-22(18-27)28(2)26(30)21(11-5-4-6-15-25(29)31-3)19-32-24-14-9-12-20-10-7-8-13-23(20)24/h7-14,22H,4-6,15-19H2,1-3H3/b21-11+. The van der Waals surface area contributed by atoms with Gasteiger partial charge in [-0.1, -0.05) is 42.5 Å². The van der Waals surface area contributed by atoms with Gasteiger partial charge in [0.1, 0.15) is 12.4 Å². The van der Waals surface area contributed by atoms with E-state index >= 15 is 0 Å². The Morgan fingerprint density at radius 2 is 1.94 bits per heavy atom. The van der Waals surface area contributed by atoms with Gasteiger partial charge in [0.15, 0.2) is 0 Å². The SMILES string of the molecule is COC(=O)CCCC/C=C(\COc1cccc2ccccc12)C(=O)N(C)C1CCN(C)C1. The summed E-state index contributed by atoms with van der Waals surface area (Å²) in [5.74, 6) is 0.587. The number of benzene rings is 2. The average Bonchev–Trinajstić information content (AvgIpc) is 3.25. The van der Waals surface area contributed by atoms with Gasteiger partial charge in [-0.2, -0.15) is 0 Å². The van der Waals surface area contributed by atoms with E-state index in [1.807, 2.05) is 48.4 Å². The van der Waals surface area contributed by atoms with Crippen LogP contribution in [-0.2, 0) is 14.3 Å². The lowest BCUT2D eigenvalue weighted by Crippen LogP contribution is -2.40. The highest BCUT2D eigenvalue weighted by molar-refractivity contribution is 5.94. The molecule has 2 aromatic rings. The Kier molecular flexibility index (Phi) is 8.68. The van der Waals surface area contributed by atoms with E-state index < -0.39 is 0 Å². The van der Waals surface area contributed by atoms with Crippen molar-refractivity contribution in [2.75, 3.05) is 40.9 Å². The van der Waals surface area contributed by atoms with Crippen LogP contribution in [0.3, 0.4) is 0 Å². The van der Waals surface area contributed by atoms with Crippen molar-refractivity contribution in [3.05, 3.63) is 54.1 Å². The lowest BCUT2D eigenvalue weighted by Gasteiger charge is -2.26. The fourth-order valence-electron chi connectivity index (χ4n) is 4.10. The first kappa shape index (κ1) is 23.8. The summed E-state index contributed by atoms with van der Waals surface area (Å²) in [6.45, 7) is 2.11. The quantitative estimate of drug-likeness (QED) is 0.318. The zero-order valence-corrected chi connectivity index (χ0v) is 19.4. The highest BCUT2D eigenvalue weighted by atomic mass is 16.5. The van der Waals surface area contributed by atoms with Crippen LogP contribution < -0.4 is 4.74 Å². The number of carbonyl (C=O) groups is 2. The highest BCUT2D eigenvalue weighted by Gasteiger charge is 2.28. The summed E-state index contributed by atoms with van der Waals surface area (Å²) in [5, 5.41) is 2.14. The number of rotatable bonds is 10. The van der Waals surface area contributed by atoms with E-state index in [0.29, 0.717) is 12.0 Å². The van der Waals surface area contributed by atoms with Gasteiger partial charge in [0.05, 0.1) is 12.7 Å². The van der Waals surface area contributed by atoms with Gasteiger partial charge in [0.2, 0.25) is 0 Å². The Labute approximate surface area is 190 Å². The second-order valence-corrected chi connectivity index (χ2v) is 8.44. The third-order valence-corrected chi connectivity index (χ3v) is 6.10. The monoisotopic (exact) mass is 438 g/mol. The minimum atomic E-state index is -0.199. The van der Waals surface area contributed by atoms with E-state index in [2.05, 4.69) is 24.1 Å². The molecule has 0 spiro atoms. The molecule has 1 heterocycles. The van der Waals surface area contributed by atoms with Crippen LogP contribution in [0, 0.1) is 0 Å². The topological polar surface area (TPSA) is 59.1 Å². The molecule has 6 heteroatoms. The molecule has 1 aliphatic heterocycles. The number of carbonyl (C=O) groups excluding carboxylic acids is 2. The second-order valence-electron chi connectivity index (χ2n) is 8.44. The number of fused-ring (bicyclic) bond motifs is 1. The number of likely N-dealkylation sites (N-methyl/N-ethyl adjacent to an activating group) is 2. The van der Waals surface area contributed by atoms with Crippen molar-refractivity contribution >= 4 is 22.6 Å². The summed E-state index contributed by atoms with van der Waals surface area (Å²) in [6.07, 6.45) is 5.62. The molecule has 0 aromatic heterocycles. The van der Waals surface area contributed by atoms with Gasteiger partial charge < -0.3 is 19.3 Å². The Morgan fingerprint density at radius 3 is 2.69 bits per heavy atom. The van der Waals surface area contributed by atoms with Gasteiger partial charge in [-0.3, -0.25) is 9.59 Å². The normalized spacial score (nSPS) is 16.8. The first-order valence-corrected chi connectivity index (χ1v) is 11.3. The van der Waals surface area contributed by atoms with Crippen molar-refractivity contribution < 1.29 is 19.1 Å². The van der Waals surface area contributed by atoms with Gasteiger partial charge in [0.25, 0.3) is 5.91 Å². The van der Waals surface area contributed by atoms with E-state index in [-0.39, 0.29) is 24.5 Å². The van der Waals surface area contributed by atoms with Crippen LogP contribution in [0.5, 0.6) is 5.75 Å². The summed E-state index contributed by atoms with van der Waals surface area (Å²) in [7, 11) is 5.37. The van der Waals surface area contributed by atoms with Gasteiger partial charge in [-0.05, 0) is 50.7 Å². The number of hydrogen-bond acceptors (Lipinski definition) is 5. The molecule has 0 aliphatic carbocycles. The van der Waals surface area contributed by atoms with Crippen LogP contribution in [0.15, 0.2) is 54.1 Å². The fourth-order valence-corrected chi connectivity index (χ4v) is 4.10. The molecule has 1 fully saturated rings. The molecule has 2 aromatic carbocycles. The number of ether oxygens (including phenoxy) is 2. The lowest BCUT2D eigenvalue weighted by molar-refractivity contribution is -0.140. The Balaban J connectivity index is 1.69. The summed E-state index contributed by atoms with van der Waals surface area (Å²) < 4.78 is 10.8. The molecule has 1 unspecified atom stereocenters. The maximum Gasteiger partial charge on any atom is 0.305 e. The number of allylic oxidation sites excluding steroid dienone is 1. The molecule has 1 aliphatic rings. The molecule has 172 valence electrons. The number of hydrogen-bond donors (Lipinski definition) is 0. The first-order valence-electron chi connectivity index (χ1n) is 11.3. The van der Waals surface area contributed by atoms with Crippen molar-refractivity contribution in [2.45, 2.75) is 38.1 Å². The minimum Gasteiger partial charge on any atom is -0.488 e.